The summed E-state index contributed by atoms with van der Waals surface area (Å²) in [5, 5.41) is 10.6. The van der Waals surface area contributed by atoms with Gasteiger partial charge in [0, 0.05) is 12.7 Å². The number of hydrogen-bond acceptors (Lipinski definition) is 3. The number of aliphatic hydroxyl groups excluding tert-OH is 1. The molecule has 168 valence electrons. The molecule has 2 N–H and O–H groups in total. The summed E-state index contributed by atoms with van der Waals surface area (Å²) in [6, 6.07) is 16.6. The lowest BCUT2D eigenvalue weighted by Gasteiger charge is -2.24. The van der Waals surface area contributed by atoms with Crippen LogP contribution in [0.3, 0.4) is 0 Å². The minimum absolute atomic E-state index is 0.316. The molecule has 0 saturated heterocycles. The molecule has 0 bridgehead atoms. The normalized spacial score (nSPS) is 13.6. The van der Waals surface area contributed by atoms with Crippen LogP contribution in [0, 0.1) is 12.8 Å². The van der Waals surface area contributed by atoms with Gasteiger partial charge in [-0.05, 0) is 54.7 Å². The van der Waals surface area contributed by atoms with Crippen LogP contribution < -0.4 is 4.90 Å². The highest BCUT2D eigenvalue weighted by atomic mass is 16.5. The summed E-state index contributed by atoms with van der Waals surface area (Å²) in [5.41, 5.74) is 3.95. The fraction of sp³-hybridized carbons (Fsp3) is 0.462. The fourth-order valence-corrected chi connectivity index (χ4v) is 3.83. The van der Waals surface area contributed by atoms with Crippen LogP contribution in [0.2, 0.25) is 0 Å². The Morgan fingerprint density at radius 2 is 1.94 bits per heavy atom. The number of aromatic nitrogens is 1. The van der Waals surface area contributed by atoms with Crippen molar-refractivity contribution in [2.24, 2.45) is 5.92 Å². The summed E-state index contributed by atoms with van der Waals surface area (Å²) < 4.78 is 13.3. The smallest absolute Gasteiger partial charge is 0.129 e. The van der Waals surface area contributed by atoms with Crippen molar-refractivity contribution in [1.82, 2.24) is 4.57 Å². The highest BCUT2D eigenvalue weighted by Gasteiger charge is 2.18. The van der Waals surface area contributed by atoms with Gasteiger partial charge in [-0.25, -0.2) is 0 Å². The van der Waals surface area contributed by atoms with E-state index in [9.17, 15) is 5.11 Å². The average molecular weight is 426 g/mol. The van der Waals surface area contributed by atoms with Crippen molar-refractivity contribution >= 4 is 0 Å². The molecule has 2 aromatic heterocycles. The monoisotopic (exact) mass is 425 g/mol. The molecule has 0 saturated carbocycles. The Balaban J connectivity index is 1.58. The molecule has 0 aliphatic carbocycles. The maximum atomic E-state index is 10.6. The number of hydrogen-bond donors (Lipinski definition) is 2. The third kappa shape index (κ3) is 7.69. The summed E-state index contributed by atoms with van der Waals surface area (Å²) in [6.07, 6.45) is 4.43. The summed E-state index contributed by atoms with van der Waals surface area (Å²) in [6.45, 7) is 10.8. The number of ether oxygens (including phenoxy) is 1. The zero-order chi connectivity index (χ0) is 22.1. The van der Waals surface area contributed by atoms with Crippen molar-refractivity contribution in [2.75, 3.05) is 19.7 Å². The number of furan rings is 1. The summed E-state index contributed by atoms with van der Waals surface area (Å²) >= 11 is 0. The molecule has 3 aromatic rings. The van der Waals surface area contributed by atoms with Crippen LogP contribution in [0.5, 0.6) is 0 Å². The van der Waals surface area contributed by atoms with E-state index in [-0.39, 0.29) is 0 Å². The summed E-state index contributed by atoms with van der Waals surface area (Å²) in [5.74, 6) is 1.42. The van der Waals surface area contributed by atoms with Gasteiger partial charge in [0.25, 0.3) is 0 Å². The Bertz CT molecular complexity index is 886. The first-order valence-corrected chi connectivity index (χ1v) is 11.3. The Kier molecular flexibility index (Phi) is 8.95. The predicted octanol–water partition coefficient (Wildman–Crippen LogP) is 3.45. The first-order valence-electron chi connectivity index (χ1n) is 11.3. The van der Waals surface area contributed by atoms with Crippen LogP contribution in [-0.2, 0) is 24.4 Å². The number of nitrogens with zero attached hydrogens (tertiary/aromatic N) is 1. The largest absolute Gasteiger partial charge is 0.467 e. The van der Waals surface area contributed by atoms with Gasteiger partial charge in [-0.3, -0.25) is 0 Å². The second-order valence-electron chi connectivity index (χ2n) is 8.87. The second kappa shape index (κ2) is 11.9. The first-order chi connectivity index (χ1) is 15.0. The average Bonchev–Trinajstić information content (AvgIpc) is 3.40. The molecule has 1 aromatic carbocycles. The van der Waals surface area contributed by atoms with Crippen molar-refractivity contribution in [3.05, 3.63) is 83.6 Å². The lowest BCUT2D eigenvalue weighted by Crippen LogP contribution is -3.12. The molecule has 0 spiro atoms. The molecule has 2 atom stereocenters. The van der Waals surface area contributed by atoms with Crippen LogP contribution >= 0.6 is 0 Å². The van der Waals surface area contributed by atoms with Gasteiger partial charge in [0.1, 0.15) is 31.6 Å². The first kappa shape index (κ1) is 23.3. The topological polar surface area (TPSA) is 52.0 Å². The van der Waals surface area contributed by atoms with Gasteiger partial charge >= 0.3 is 0 Å². The van der Waals surface area contributed by atoms with Crippen molar-refractivity contribution in [2.45, 2.75) is 53.0 Å². The highest BCUT2D eigenvalue weighted by Crippen LogP contribution is 2.12. The molecule has 5 nitrogen and oxygen atoms in total. The molecular weight excluding hydrogens is 388 g/mol. The van der Waals surface area contributed by atoms with Gasteiger partial charge in [-0.15, -0.1) is 0 Å². The maximum Gasteiger partial charge on any atom is 0.129 e. The van der Waals surface area contributed by atoms with Gasteiger partial charge in [0.15, 0.2) is 0 Å². The van der Waals surface area contributed by atoms with E-state index in [0.717, 1.165) is 31.8 Å². The Morgan fingerprint density at radius 1 is 1.10 bits per heavy atom. The van der Waals surface area contributed by atoms with E-state index in [1.54, 1.807) is 6.26 Å². The number of aryl methyl sites for hydroxylation is 1. The molecule has 0 radical (unpaired) electrons. The molecular formula is C26H37N2O3+. The van der Waals surface area contributed by atoms with Crippen LogP contribution in [0.4, 0.5) is 0 Å². The SMILES string of the molecule is Cc1ccccc1Cn1cccc1C[NH+](CCC(C)C)C[C@H](O)COCc1ccco1. The van der Waals surface area contributed by atoms with Gasteiger partial charge in [0.05, 0.1) is 25.1 Å². The lowest BCUT2D eigenvalue weighted by molar-refractivity contribution is -0.918. The predicted molar refractivity (Wildman–Crippen MR) is 123 cm³/mol. The molecule has 31 heavy (non-hydrogen) atoms. The minimum Gasteiger partial charge on any atom is -0.467 e. The van der Waals surface area contributed by atoms with Gasteiger partial charge in [-0.1, -0.05) is 38.1 Å². The molecule has 2 heterocycles. The van der Waals surface area contributed by atoms with Crippen molar-refractivity contribution in [1.29, 1.82) is 0 Å². The Morgan fingerprint density at radius 3 is 2.68 bits per heavy atom. The van der Waals surface area contributed by atoms with Crippen molar-refractivity contribution in [3.63, 3.8) is 0 Å². The zero-order valence-electron chi connectivity index (χ0n) is 19.1. The highest BCUT2D eigenvalue weighted by molar-refractivity contribution is 5.26. The van der Waals surface area contributed by atoms with Crippen LogP contribution in [0.25, 0.3) is 0 Å². The Hall–Kier alpha value is -2.34. The maximum absolute atomic E-state index is 10.6. The van der Waals surface area contributed by atoms with E-state index in [2.05, 4.69) is 67.9 Å². The van der Waals surface area contributed by atoms with Crippen LogP contribution in [0.15, 0.2) is 65.4 Å². The van der Waals surface area contributed by atoms with Crippen LogP contribution in [0.1, 0.15) is 42.8 Å². The third-order valence-corrected chi connectivity index (χ3v) is 5.69. The van der Waals surface area contributed by atoms with E-state index < -0.39 is 6.10 Å². The summed E-state index contributed by atoms with van der Waals surface area (Å²) in [4.78, 5) is 1.38. The second-order valence-corrected chi connectivity index (χ2v) is 8.87. The standard InChI is InChI=1S/C26H36N2O3/c1-21(2)12-14-27(18-25(29)19-30-20-26-11-7-15-31-26)17-24-10-6-13-28(24)16-23-9-5-4-8-22(23)3/h4-11,13,15,21,25,29H,12,14,16-20H2,1-3H3/p+1/t25-/m0/s1. The van der Waals surface area contributed by atoms with E-state index in [1.807, 2.05) is 12.1 Å². The molecule has 0 amide bonds. The molecule has 1 unspecified atom stereocenters. The Labute approximate surface area is 186 Å². The zero-order valence-corrected chi connectivity index (χ0v) is 19.1. The van der Waals surface area contributed by atoms with E-state index in [1.165, 1.54) is 21.7 Å². The fourth-order valence-electron chi connectivity index (χ4n) is 3.83. The van der Waals surface area contributed by atoms with Gasteiger partial charge < -0.3 is 23.7 Å². The van der Waals surface area contributed by atoms with Crippen LogP contribution in [-0.4, -0.2) is 35.5 Å². The molecule has 0 aliphatic rings. The van der Waals surface area contributed by atoms with E-state index in [4.69, 9.17) is 9.15 Å². The molecule has 3 rings (SSSR count). The third-order valence-electron chi connectivity index (χ3n) is 5.69. The van der Waals surface area contributed by atoms with Crippen molar-refractivity contribution < 1.29 is 19.2 Å². The van der Waals surface area contributed by atoms with Gasteiger partial charge in [0.2, 0.25) is 0 Å². The molecule has 0 aliphatic heterocycles. The summed E-state index contributed by atoms with van der Waals surface area (Å²) in [7, 11) is 0. The number of rotatable bonds is 13. The number of quaternary nitrogens is 1. The molecule has 0 fully saturated rings. The van der Waals surface area contributed by atoms with E-state index in [0.29, 0.717) is 25.7 Å². The van der Waals surface area contributed by atoms with E-state index >= 15 is 0 Å². The molecule has 5 heteroatoms. The van der Waals surface area contributed by atoms with Gasteiger partial charge in [-0.2, -0.15) is 0 Å². The number of nitrogens with one attached hydrogen (secondary N) is 1. The lowest BCUT2D eigenvalue weighted by atomic mass is 10.1. The quantitative estimate of drug-likeness (QED) is 0.441. The minimum atomic E-state index is -0.503. The number of benzene rings is 1. The number of aliphatic hydroxyl groups is 1. The van der Waals surface area contributed by atoms with Crippen molar-refractivity contribution in [3.8, 4) is 0 Å².